The Hall–Kier alpha value is -2.02. The van der Waals surface area contributed by atoms with Crippen molar-refractivity contribution in [1.29, 1.82) is 0 Å². The van der Waals surface area contributed by atoms with E-state index in [1.165, 1.54) is 19.5 Å². The molecule has 0 aromatic heterocycles. The number of nitrogens with two attached hydrogens (primary N) is 1. The monoisotopic (exact) mass is 328 g/mol. The van der Waals surface area contributed by atoms with Crippen molar-refractivity contribution in [3.63, 3.8) is 0 Å². The van der Waals surface area contributed by atoms with Gasteiger partial charge in [-0.1, -0.05) is 18.2 Å². The van der Waals surface area contributed by atoms with Gasteiger partial charge in [-0.2, -0.15) is 0 Å². The summed E-state index contributed by atoms with van der Waals surface area (Å²) >= 11 is 5.88. The average molecular weight is 329 g/mol. The fraction of sp³-hybridized carbons (Fsp3) is 0.500. The van der Waals surface area contributed by atoms with Crippen LogP contribution in [0.4, 0.5) is 4.79 Å². The number of piperidine rings is 1. The maximum atomic E-state index is 12.1. The Kier molecular flexibility index (Phi) is 7.45. The van der Waals surface area contributed by atoms with Crippen LogP contribution >= 0.6 is 11.6 Å². The third-order valence-electron chi connectivity index (χ3n) is 3.26. The first kappa shape index (κ1) is 18.0. The zero-order valence-electron chi connectivity index (χ0n) is 12.5. The van der Waals surface area contributed by atoms with Crippen molar-refractivity contribution in [3.8, 4) is 0 Å². The van der Waals surface area contributed by atoms with Gasteiger partial charge in [0.05, 0.1) is 13.0 Å². The minimum absolute atomic E-state index is 0.166. The summed E-state index contributed by atoms with van der Waals surface area (Å²) in [6.07, 6.45) is 4.07. The molecule has 1 heterocycles. The molecule has 0 bridgehead atoms. The Morgan fingerprint density at radius 3 is 2.95 bits per heavy atom. The third kappa shape index (κ3) is 5.40. The molecule has 0 aliphatic carbocycles. The molecule has 0 aromatic carbocycles. The number of halogens is 1. The SMILES string of the molecule is C=C(CNC(=O)N1CCCC(C(=O)OC)C1)/C(Cl)=N\C=C/N. The van der Waals surface area contributed by atoms with E-state index in [4.69, 9.17) is 22.1 Å². The first-order valence-corrected chi connectivity index (χ1v) is 7.26. The summed E-state index contributed by atoms with van der Waals surface area (Å²) in [5.41, 5.74) is 5.62. The van der Waals surface area contributed by atoms with Crippen LogP contribution in [0.1, 0.15) is 12.8 Å². The number of nitrogens with zero attached hydrogens (tertiary/aromatic N) is 2. The third-order valence-corrected chi connectivity index (χ3v) is 3.63. The minimum Gasteiger partial charge on any atom is -0.469 e. The van der Waals surface area contributed by atoms with E-state index < -0.39 is 0 Å². The van der Waals surface area contributed by atoms with E-state index in [2.05, 4.69) is 16.9 Å². The number of methoxy groups -OCH3 is 1. The number of ether oxygens (including phenoxy) is 1. The van der Waals surface area contributed by atoms with E-state index in [1.807, 2.05) is 0 Å². The van der Waals surface area contributed by atoms with E-state index in [9.17, 15) is 9.59 Å². The number of nitrogens with one attached hydrogen (secondary N) is 1. The van der Waals surface area contributed by atoms with Crippen LogP contribution in [0.15, 0.2) is 29.5 Å². The van der Waals surface area contributed by atoms with Crippen molar-refractivity contribution in [2.24, 2.45) is 16.6 Å². The van der Waals surface area contributed by atoms with E-state index >= 15 is 0 Å². The van der Waals surface area contributed by atoms with Crippen LogP contribution in [0.2, 0.25) is 0 Å². The lowest BCUT2D eigenvalue weighted by molar-refractivity contribution is -0.146. The summed E-state index contributed by atoms with van der Waals surface area (Å²) in [6.45, 7) is 4.85. The van der Waals surface area contributed by atoms with Gasteiger partial charge >= 0.3 is 12.0 Å². The Bertz CT molecular complexity index is 490. The van der Waals surface area contributed by atoms with Crippen molar-refractivity contribution in [2.75, 3.05) is 26.7 Å². The summed E-state index contributed by atoms with van der Waals surface area (Å²) in [5, 5.41) is 2.88. The van der Waals surface area contributed by atoms with Gasteiger partial charge in [0, 0.05) is 37.6 Å². The maximum Gasteiger partial charge on any atom is 0.317 e. The first-order valence-electron chi connectivity index (χ1n) is 6.88. The number of urea groups is 1. The number of aliphatic imine (C=N–C) groups is 1. The second-order valence-electron chi connectivity index (χ2n) is 4.83. The smallest absolute Gasteiger partial charge is 0.317 e. The predicted octanol–water partition coefficient (Wildman–Crippen LogP) is 1.20. The number of amides is 2. The van der Waals surface area contributed by atoms with Gasteiger partial charge in [0.2, 0.25) is 0 Å². The van der Waals surface area contributed by atoms with Crippen molar-refractivity contribution >= 4 is 28.8 Å². The molecule has 0 saturated carbocycles. The summed E-state index contributed by atoms with van der Waals surface area (Å²) in [5.74, 6) is -0.557. The van der Waals surface area contributed by atoms with Gasteiger partial charge in [0.15, 0.2) is 0 Å². The number of carbonyl (C=O) groups excluding carboxylic acids is 2. The van der Waals surface area contributed by atoms with Gasteiger partial charge in [-0.15, -0.1) is 0 Å². The second kappa shape index (κ2) is 9.09. The molecule has 1 atom stereocenters. The lowest BCUT2D eigenvalue weighted by Gasteiger charge is -2.31. The van der Waals surface area contributed by atoms with E-state index in [-0.39, 0.29) is 29.6 Å². The molecule has 1 saturated heterocycles. The summed E-state index contributed by atoms with van der Waals surface area (Å²) in [6, 6.07) is -0.270. The zero-order valence-corrected chi connectivity index (χ0v) is 13.3. The highest BCUT2D eigenvalue weighted by atomic mass is 35.5. The average Bonchev–Trinajstić information content (AvgIpc) is 2.56. The highest BCUT2D eigenvalue weighted by molar-refractivity contribution is 6.69. The van der Waals surface area contributed by atoms with Gasteiger partial charge in [-0.3, -0.25) is 4.79 Å². The summed E-state index contributed by atoms with van der Waals surface area (Å²) in [4.78, 5) is 29.1. The molecule has 1 unspecified atom stereocenters. The lowest BCUT2D eigenvalue weighted by atomic mass is 9.98. The molecule has 0 spiro atoms. The molecule has 1 fully saturated rings. The summed E-state index contributed by atoms with van der Waals surface area (Å²) < 4.78 is 4.72. The van der Waals surface area contributed by atoms with Crippen LogP contribution < -0.4 is 11.1 Å². The van der Waals surface area contributed by atoms with Crippen molar-refractivity contribution in [3.05, 3.63) is 24.6 Å². The maximum absolute atomic E-state index is 12.1. The molecule has 22 heavy (non-hydrogen) atoms. The lowest BCUT2D eigenvalue weighted by Crippen LogP contribution is -2.47. The number of likely N-dealkylation sites (tertiary alicyclic amines) is 1. The molecular formula is C14H21ClN4O3. The number of carbonyl (C=O) groups is 2. The van der Waals surface area contributed by atoms with Gasteiger partial charge in [-0.05, 0) is 12.8 Å². The number of hydrogen-bond acceptors (Lipinski definition) is 5. The summed E-state index contributed by atoms with van der Waals surface area (Å²) in [7, 11) is 1.35. The Morgan fingerprint density at radius 1 is 1.59 bits per heavy atom. The topological polar surface area (TPSA) is 97.0 Å². The van der Waals surface area contributed by atoms with Gasteiger partial charge in [-0.25, -0.2) is 9.79 Å². The Morgan fingerprint density at radius 2 is 2.32 bits per heavy atom. The van der Waals surface area contributed by atoms with Gasteiger partial charge in [0.25, 0.3) is 0 Å². The van der Waals surface area contributed by atoms with Crippen molar-refractivity contribution < 1.29 is 14.3 Å². The van der Waals surface area contributed by atoms with Crippen LogP contribution in [0.25, 0.3) is 0 Å². The van der Waals surface area contributed by atoms with Gasteiger partial charge in [0.1, 0.15) is 5.17 Å². The number of esters is 1. The largest absolute Gasteiger partial charge is 0.469 e. The highest BCUT2D eigenvalue weighted by Crippen LogP contribution is 2.17. The van der Waals surface area contributed by atoms with Crippen molar-refractivity contribution in [2.45, 2.75) is 12.8 Å². The predicted molar refractivity (Wildman–Crippen MR) is 85.5 cm³/mol. The van der Waals surface area contributed by atoms with Crippen LogP contribution in [0.3, 0.4) is 0 Å². The fourth-order valence-corrected chi connectivity index (χ4v) is 2.21. The molecule has 0 aromatic rings. The van der Waals surface area contributed by atoms with Crippen LogP contribution in [0.5, 0.6) is 0 Å². The fourth-order valence-electron chi connectivity index (χ4n) is 2.09. The molecule has 8 heteroatoms. The molecule has 7 nitrogen and oxygen atoms in total. The molecule has 3 N–H and O–H groups in total. The molecular weight excluding hydrogens is 308 g/mol. The second-order valence-corrected chi connectivity index (χ2v) is 5.19. The van der Waals surface area contributed by atoms with E-state index in [0.717, 1.165) is 12.8 Å². The number of rotatable bonds is 5. The van der Waals surface area contributed by atoms with Gasteiger partial charge < -0.3 is 20.7 Å². The molecule has 2 amide bonds. The number of hydrogen-bond donors (Lipinski definition) is 2. The first-order chi connectivity index (χ1) is 10.5. The van der Waals surface area contributed by atoms with Crippen LogP contribution in [-0.4, -0.2) is 48.8 Å². The van der Waals surface area contributed by atoms with E-state index in [1.54, 1.807) is 4.90 Å². The van der Waals surface area contributed by atoms with Crippen LogP contribution in [0, 0.1) is 5.92 Å². The molecule has 1 aliphatic heterocycles. The normalized spacial score (nSPS) is 19.1. The molecule has 122 valence electrons. The standard InChI is InChI=1S/C14H21ClN4O3/c1-10(12(15)17-6-5-16)8-18-14(21)19-7-3-4-11(9-19)13(20)22-2/h5-6,11H,1,3-4,7-9,16H2,2H3,(H,18,21)/b6-5-,17-12+. The quantitative estimate of drug-likeness (QED) is 0.585. The minimum atomic E-state index is -0.286. The highest BCUT2D eigenvalue weighted by Gasteiger charge is 2.28. The molecule has 1 aliphatic rings. The Balaban J connectivity index is 2.48. The molecule has 0 radical (unpaired) electrons. The Labute approximate surface area is 134 Å². The molecule has 1 rings (SSSR count). The van der Waals surface area contributed by atoms with E-state index in [0.29, 0.717) is 18.7 Å². The zero-order chi connectivity index (χ0) is 16.5. The van der Waals surface area contributed by atoms with Crippen LogP contribution in [-0.2, 0) is 9.53 Å². The van der Waals surface area contributed by atoms with Crippen molar-refractivity contribution in [1.82, 2.24) is 10.2 Å².